The maximum atomic E-state index is 12.0. The number of ether oxygens (including phenoxy) is 1. The summed E-state index contributed by atoms with van der Waals surface area (Å²) in [5.74, 6) is 0.706. The minimum Gasteiger partial charge on any atom is -0.508 e. The molecule has 20 heavy (non-hydrogen) atoms. The molecule has 1 aliphatic heterocycles. The van der Waals surface area contributed by atoms with E-state index < -0.39 is 5.60 Å². The van der Waals surface area contributed by atoms with Gasteiger partial charge in [-0.25, -0.2) is 4.79 Å². The van der Waals surface area contributed by atoms with Gasteiger partial charge in [0.2, 0.25) is 0 Å². The van der Waals surface area contributed by atoms with Gasteiger partial charge < -0.3 is 14.7 Å². The predicted molar refractivity (Wildman–Crippen MR) is 77.9 cm³/mol. The molecule has 1 aliphatic rings. The largest absolute Gasteiger partial charge is 0.508 e. The molecule has 1 amide bonds. The Morgan fingerprint density at radius 1 is 1.30 bits per heavy atom. The normalized spacial score (nSPS) is 17.1. The van der Waals surface area contributed by atoms with Crippen LogP contribution in [0.1, 0.15) is 45.1 Å². The number of benzene rings is 1. The van der Waals surface area contributed by atoms with Crippen LogP contribution >= 0.6 is 0 Å². The third-order valence-electron chi connectivity index (χ3n) is 3.49. The first kappa shape index (κ1) is 14.7. The highest BCUT2D eigenvalue weighted by Gasteiger charge is 2.27. The van der Waals surface area contributed by atoms with Gasteiger partial charge in [-0.1, -0.05) is 12.1 Å². The fourth-order valence-electron chi connectivity index (χ4n) is 2.50. The fraction of sp³-hybridized carbons (Fsp3) is 0.562. The van der Waals surface area contributed by atoms with E-state index in [0.29, 0.717) is 24.8 Å². The van der Waals surface area contributed by atoms with Crippen molar-refractivity contribution in [1.29, 1.82) is 0 Å². The second kappa shape index (κ2) is 5.73. The van der Waals surface area contributed by atoms with Gasteiger partial charge in [-0.2, -0.15) is 0 Å². The Kier molecular flexibility index (Phi) is 4.21. The van der Waals surface area contributed by atoms with Gasteiger partial charge in [-0.3, -0.25) is 0 Å². The number of amides is 1. The molecule has 4 heteroatoms. The molecule has 0 spiro atoms. The number of hydrogen-bond donors (Lipinski definition) is 1. The number of aromatic hydroxyl groups is 1. The Labute approximate surface area is 120 Å². The van der Waals surface area contributed by atoms with Gasteiger partial charge in [-0.05, 0) is 57.2 Å². The Morgan fingerprint density at radius 3 is 2.50 bits per heavy atom. The van der Waals surface area contributed by atoms with Crippen LogP contribution in [0.4, 0.5) is 4.79 Å². The minimum absolute atomic E-state index is 0.230. The number of nitrogens with zero attached hydrogens (tertiary/aromatic N) is 1. The number of phenols is 1. The average Bonchev–Trinajstić information content (AvgIpc) is 2.37. The zero-order chi connectivity index (χ0) is 14.8. The predicted octanol–water partition coefficient (Wildman–Crippen LogP) is 3.51. The van der Waals surface area contributed by atoms with E-state index in [9.17, 15) is 9.90 Å². The molecule has 0 saturated carbocycles. The molecule has 0 radical (unpaired) electrons. The third kappa shape index (κ3) is 3.89. The molecule has 1 N–H and O–H groups in total. The zero-order valence-electron chi connectivity index (χ0n) is 12.4. The Balaban J connectivity index is 1.91. The number of phenolic OH excluding ortho intramolecular Hbond substituents is 1. The van der Waals surface area contributed by atoms with Gasteiger partial charge >= 0.3 is 6.09 Å². The number of carbonyl (C=O) groups excluding carboxylic acids is 1. The first-order valence-electron chi connectivity index (χ1n) is 7.12. The molecular weight excluding hydrogens is 254 g/mol. The molecule has 1 fully saturated rings. The number of hydrogen-bond acceptors (Lipinski definition) is 3. The van der Waals surface area contributed by atoms with E-state index in [2.05, 4.69) is 0 Å². The quantitative estimate of drug-likeness (QED) is 0.854. The van der Waals surface area contributed by atoms with Crippen molar-refractivity contribution in [3.63, 3.8) is 0 Å². The van der Waals surface area contributed by atoms with Crippen molar-refractivity contribution < 1.29 is 14.6 Å². The zero-order valence-corrected chi connectivity index (χ0v) is 12.4. The molecule has 0 unspecified atom stereocenters. The summed E-state index contributed by atoms with van der Waals surface area (Å²) >= 11 is 0. The van der Waals surface area contributed by atoms with Crippen LogP contribution in [0.2, 0.25) is 0 Å². The lowest BCUT2D eigenvalue weighted by molar-refractivity contribution is 0.0205. The number of likely N-dealkylation sites (tertiary alicyclic amines) is 1. The van der Waals surface area contributed by atoms with E-state index in [4.69, 9.17) is 4.74 Å². The van der Waals surface area contributed by atoms with Gasteiger partial charge in [0, 0.05) is 13.1 Å². The number of rotatable bonds is 1. The molecule has 1 heterocycles. The third-order valence-corrected chi connectivity index (χ3v) is 3.49. The van der Waals surface area contributed by atoms with Crippen LogP contribution in [-0.4, -0.2) is 34.8 Å². The summed E-state index contributed by atoms with van der Waals surface area (Å²) in [6, 6.07) is 7.39. The lowest BCUT2D eigenvalue weighted by Gasteiger charge is -2.33. The van der Waals surface area contributed by atoms with Crippen molar-refractivity contribution in [1.82, 2.24) is 4.90 Å². The molecule has 0 aliphatic carbocycles. The van der Waals surface area contributed by atoms with Crippen molar-refractivity contribution in [2.75, 3.05) is 13.1 Å². The summed E-state index contributed by atoms with van der Waals surface area (Å²) < 4.78 is 5.38. The Bertz CT molecular complexity index is 471. The summed E-state index contributed by atoms with van der Waals surface area (Å²) in [5.41, 5.74) is 0.702. The van der Waals surface area contributed by atoms with E-state index in [0.717, 1.165) is 18.4 Å². The number of piperidine rings is 1. The SMILES string of the molecule is CC(C)(C)OC(=O)N1CCC(c2cccc(O)c2)CC1. The molecule has 0 aromatic heterocycles. The van der Waals surface area contributed by atoms with Gasteiger partial charge in [0.15, 0.2) is 0 Å². The van der Waals surface area contributed by atoms with Crippen LogP contribution < -0.4 is 0 Å². The van der Waals surface area contributed by atoms with Crippen LogP contribution in [0, 0.1) is 0 Å². The molecule has 1 saturated heterocycles. The maximum Gasteiger partial charge on any atom is 0.410 e. The standard InChI is InChI=1S/C16H23NO3/c1-16(2,3)20-15(19)17-9-7-12(8-10-17)13-5-4-6-14(18)11-13/h4-6,11-12,18H,7-10H2,1-3H3. The van der Waals surface area contributed by atoms with Gasteiger partial charge in [0.25, 0.3) is 0 Å². The van der Waals surface area contributed by atoms with E-state index in [-0.39, 0.29) is 6.09 Å². The highest BCUT2D eigenvalue weighted by molar-refractivity contribution is 5.68. The summed E-state index contributed by atoms with van der Waals surface area (Å²) in [6.07, 6.45) is 1.58. The Hall–Kier alpha value is -1.71. The summed E-state index contributed by atoms with van der Waals surface area (Å²) in [4.78, 5) is 13.7. The molecular formula is C16H23NO3. The molecule has 110 valence electrons. The summed E-state index contributed by atoms with van der Waals surface area (Å²) in [5, 5.41) is 9.53. The smallest absolute Gasteiger partial charge is 0.410 e. The molecule has 0 bridgehead atoms. The second-order valence-electron chi connectivity index (χ2n) is 6.34. The highest BCUT2D eigenvalue weighted by atomic mass is 16.6. The van der Waals surface area contributed by atoms with Crippen LogP contribution in [0.25, 0.3) is 0 Å². The topological polar surface area (TPSA) is 49.8 Å². The van der Waals surface area contributed by atoms with E-state index >= 15 is 0 Å². The highest BCUT2D eigenvalue weighted by Crippen LogP contribution is 2.30. The minimum atomic E-state index is -0.445. The van der Waals surface area contributed by atoms with Crippen LogP contribution in [0.15, 0.2) is 24.3 Å². The van der Waals surface area contributed by atoms with Crippen LogP contribution in [-0.2, 0) is 4.74 Å². The molecule has 1 aromatic carbocycles. The molecule has 0 atom stereocenters. The van der Waals surface area contributed by atoms with Gasteiger partial charge in [-0.15, -0.1) is 0 Å². The van der Waals surface area contributed by atoms with E-state index in [1.165, 1.54) is 0 Å². The van der Waals surface area contributed by atoms with Crippen molar-refractivity contribution in [2.45, 2.75) is 45.1 Å². The lowest BCUT2D eigenvalue weighted by atomic mass is 9.89. The maximum absolute atomic E-state index is 12.0. The fourth-order valence-corrected chi connectivity index (χ4v) is 2.50. The van der Waals surface area contributed by atoms with Gasteiger partial charge in [0.1, 0.15) is 11.4 Å². The average molecular weight is 277 g/mol. The first-order chi connectivity index (χ1) is 9.35. The first-order valence-corrected chi connectivity index (χ1v) is 7.12. The van der Waals surface area contributed by atoms with Crippen molar-refractivity contribution in [2.24, 2.45) is 0 Å². The van der Waals surface area contributed by atoms with Crippen molar-refractivity contribution >= 4 is 6.09 Å². The monoisotopic (exact) mass is 277 g/mol. The molecule has 2 rings (SSSR count). The van der Waals surface area contributed by atoms with Gasteiger partial charge in [0.05, 0.1) is 0 Å². The van der Waals surface area contributed by atoms with Crippen molar-refractivity contribution in [3.05, 3.63) is 29.8 Å². The summed E-state index contributed by atoms with van der Waals surface area (Å²) in [6.45, 7) is 7.05. The number of carbonyl (C=O) groups is 1. The second-order valence-corrected chi connectivity index (χ2v) is 6.34. The van der Waals surface area contributed by atoms with E-state index in [1.54, 1.807) is 11.0 Å². The molecule has 4 nitrogen and oxygen atoms in total. The van der Waals surface area contributed by atoms with Crippen molar-refractivity contribution in [3.8, 4) is 5.75 Å². The van der Waals surface area contributed by atoms with Crippen LogP contribution in [0.5, 0.6) is 5.75 Å². The molecule has 1 aromatic rings. The van der Waals surface area contributed by atoms with Crippen LogP contribution in [0.3, 0.4) is 0 Å². The summed E-state index contributed by atoms with van der Waals surface area (Å²) in [7, 11) is 0. The van der Waals surface area contributed by atoms with E-state index in [1.807, 2.05) is 39.0 Å². The lowest BCUT2D eigenvalue weighted by Crippen LogP contribution is -2.41. The Morgan fingerprint density at radius 2 is 1.95 bits per heavy atom.